The summed E-state index contributed by atoms with van der Waals surface area (Å²) >= 11 is 0. The topological polar surface area (TPSA) is 38.3 Å². The van der Waals surface area contributed by atoms with Gasteiger partial charge < -0.3 is 10.1 Å². The highest BCUT2D eigenvalue weighted by atomic mass is 16.5. The molecule has 0 saturated heterocycles. The van der Waals surface area contributed by atoms with Gasteiger partial charge in [0.2, 0.25) is 0 Å². The molecule has 0 unspecified atom stereocenters. The van der Waals surface area contributed by atoms with E-state index in [2.05, 4.69) is 5.32 Å². The van der Waals surface area contributed by atoms with Crippen molar-refractivity contribution in [3.63, 3.8) is 0 Å². The molecule has 0 amide bonds. The van der Waals surface area contributed by atoms with Gasteiger partial charge in [0.25, 0.3) is 0 Å². The molecule has 0 radical (unpaired) electrons. The van der Waals surface area contributed by atoms with Crippen molar-refractivity contribution >= 4 is 5.97 Å². The van der Waals surface area contributed by atoms with Gasteiger partial charge in [0.05, 0.1) is 13.0 Å². The van der Waals surface area contributed by atoms with Crippen LogP contribution in [0.5, 0.6) is 0 Å². The van der Waals surface area contributed by atoms with Crippen LogP contribution in [0.15, 0.2) is 30.3 Å². The third-order valence-electron chi connectivity index (χ3n) is 2.84. The van der Waals surface area contributed by atoms with Crippen molar-refractivity contribution in [3.05, 3.63) is 35.9 Å². The van der Waals surface area contributed by atoms with E-state index in [1.54, 1.807) is 0 Å². The highest BCUT2D eigenvalue weighted by Crippen LogP contribution is 2.18. The van der Waals surface area contributed by atoms with E-state index in [9.17, 15) is 4.79 Å². The van der Waals surface area contributed by atoms with Crippen LogP contribution in [0.2, 0.25) is 0 Å². The van der Waals surface area contributed by atoms with Crippen LogP contribution in [-0.4, -0.2) is 25.2 Å². The second-order valence-electron chi connectivity index (χ2n) is 4.43. The molecule has 1 saturated carbocycles. The van der Waals surface area contributed by atoms with E-state index in [1.165, 1.54) is 18.4 Å². The first-order valence-electron chi connectivity index (χ1n) is 6.27. The van der Waals surface area contributed by atoms with E-state index >= 15 is 0 Å². The number of esters is 1. The van der Waals surface area contributed by atoms with Crippen LogP contribution < -0.4 is 5.32 Å². The predicted molar refractivity (Wildman–Crippen MR) is 66.7 cm³/mol. The number of rotatable bonds is 7. The lowest BCUT2D eigenvalue weighted by Gasteiger charge is -2.05. The van der Waals surface area contributed by atoms with Crippen LogP contribution in [0.4, 0.5) is 0 Å². The summed E-state index contributed by atoms with van der Waals surface area (Å²) in [4.78, 5) is 11.4. The fourth-order valence-corrected chi connectivity index (χ4v) is 1.67. The van der Waals surface area contributed by atoms with Crippen LogP contribution in [0, 0.1) is 0 Å². The zero-order valence-electron chi connectivity index (χ0n) is 10.0. The summed E-state index contributed by atoms with van der Waals surface area (Å²) in [5.74, 6) is -0.103. The molecular weight excluding hydrogens is 214 g/mol. The quantitative estimate of drug-likeness (QED) is 0.731. The molecule has 2 rings (SSSR count). The van der Waals surface area contributed by atoms with Crippen LogP contribution >= 0.6 is 0 Å². The molecule has 17 heavy (non-hydrogen) atoms. The van der Waals surface area contributed by atoms with Gasteiger partial charge in [-0.15, -0.1) is 0 Å². The fraction of sp³-hybridized carbons (Fsp3) is 0.500. The van der Waals surface area contributed by atoms with Gasteiger partial charge in [-0.1, -0.05) is 30.3 Å². The van der Waals surface area contributed by atoms with Crippen molar-refractivity contribution in [1.29, 1.82) is 0 Å². The van der Waals surface area contributed by atoms with Crippen LogP contribution in [0.3, 0.4) is 0 Å². The van der Waals surface area contributed by atoms with E-state index in [-0.39, 0.29) is 5.97 Å². The van der Waals surface area contributed by atoms with Gasteiger partial charge in [-0.25, -0.2) is 0 Å². The third kappa shape index (κ3) is 5.00. The first-order valence-corrected chi connectivity index (χ1v) is 6.27. The number of carbonyl (C=O) groups is 1. The Kier molecular flexibility index (Phi) is 4.56. The highest BCUT2D eigenvalue weighted by molar-refractivity contribution is 5.69. The summed E-state index contributed by atoms with van der Waals surface area (Å²) < 4.78 is 5.17. The van der Waals surface area contributed by atoms with Gasteiger partial charge >= 0.3 is 5.97 Å². The number of ether oxygens (including phenoxy) is 1. The minimum absolute atomic E-state index is 0.103. The fourth-order valence-electron chi connectivity index (χ4n) is 1.67. The lowest BCUT2D eigenvalue weighted by molar-refractivity contribution is -0.143. The SMILES string of the molecule is O=C(CCNC1CC1)OCCc1ccccc1. The molecule has 0 aromatic heterocycles. The Labute approximate surface area is 102 Å². The van der Waals surface area contributed by atoms with Crippen molar-refractivity contribution in [2.45, 2.75) is 31.7 Å². The Morgan fingerprint density at radius 1 is 1.29 bits per heavy atom. The van der Waals surface area contributed by atoms with E-state index < -0.39 is 0 Å². The molecule has 0 atom stereocenters. The van der Waals surface area contributed by atoms with E-state index in [0.29, 0.717) is 19.1 Å². The molecule has 1 N–H and O–H groups in total. The molecule has 1 aliphatic rings. The lowest BCUT2D eigenvalue weighted by atomic mass is 10.2. The average molecular weight is 233 g/mol. The number of hydrogen-bond donors (Lipinski definition) is 1. The Balaban J connectivity index is 1.53. The Hall–Kier alpha value is -1.35. The van der Waals surface area contributed by atoms with Crippen molar-refractivity contribution in [3.8, 4) is 0 Å². The molecule has 1 fully saturated rings. The van der Waals surface area contributed by atoms with Gasteiger partial charge in [-0.05, 0) is 18.4 Å². The molecule has 1 aliphatic carbocycles. The largest absolute Gasteiger partial charge is 0.465 e. The maximum atomic E-state index is 11.4. The summed E-state index contributed by atoms with van der Waals surface area (Å²) in [6, 6.07) is 10.7. The first kappa shape index (κ1) is 12.1. The summed E-state index contributed by atoms with van der Waals surface area (Å²) in [6.45, 7) is 1.22. The monoisotopic (exact) mass is 233 g/mol. The summed E-state index contributed by atoms with van der Waals surface area (Å²) in [5.41, 5.74) is 1.21. The Morgan fingerprint density at radius 3 is 2.76 bits per heavy atom. The normalized spacial score (nSPS) is 14.6. The predicted octanol–water partition coefficient (Wildman–Crippen LogP) is 1.91. The molecule has 1 aromatic carbocycles. The maximum Gasteiger partial charge on any atom is 0.307 e. The zero-order chi connectivity index (χ0) is 11.9. The second kappa shape index (κ2) is 6.40. The standard InChI is InChI=1S/C14H19NO2/c16-14(8-10-15-13-6-7-13)17-11-9-12-4-2-1-3-5-12/h1-5,13,15H,6-11H2. The molecule has 3 nitrogen and oxygen atoms in total. The van der Waals surface area contributed by atoms with Crippen molar-refractivity contribution in [2.24, 2.45) is 0 Å². The van der Waals surface area contributed by atoms with Crippen LogP contribution in [-0.2, 0) is 16.0 Å². The Bertz CT molecular complexity index is 346. The molecule has 0 bridgehead atoms. The van der Waals surface area contributed by atoms with Gasteiger partial charge in [-0.3, -0.25) is 4.79 Å². The third-order valence-corrected chi connectivity index (χ3v) is 2.84. The number of carbonyl (C=O) groups excluding carboxylic acids is 1. The maximum absolute atomic E-state index is 11.4. The minimum atomic E-state index is -0.103. The van der Waals surface area contributed by atoms with Crippen molar-refractivity contribution in [1.82, 2.24) is 5.32 Å². The molecule has 0 aliphatic heterocycles. The van der Waals surface area contributed by atoms with Crippen LogP contribution in [0.1, 0.15) is 24.8 Å². The summed E-state index contributed by atoms with van der Waals surface area (Å²) in [6.07, 6.45) is 3.78. The van der Waals surface area contributed by atoms with Gasteiger partial charge in [-0.2, -0.15) is 0 Å². The van der Waals surface area contributed by atoms with Gasteiger partial charge in [0, 0.05) is 19.0 Å². The number of benzene rings is 1. The average Bonchev–Trinajstić information content (AvgIpc) is 3.14. The van der Waals surface area contributed by atoms with Gasteiger partial charge in [0.15, 0.2) is 0 Å². The number of hydrogen-bond acceptors (Lipinski definition) is 3. The zero-order valence-corrected chi connectivity index (χ0v) is 10.0. The van der Waals surface area contributed by atoms with Crippen molar-refractivity contribution < 1.29 is 9.53 Å². The number of nitrogens with one attached hydrogen (secondary N) is 1. The molecule has 1 aromatic rings. The lowest BCUT2D eigenvalue weighted by Crippen LogP contribution is -2.21. The molecule has 92 valence electrons. The van der Waals surface area contributed by atoms with Gasteiger partial charge in [0.1, 0.15) is 0 Å². The van der Waals surface area contributed by atoms with E-state index in [1.807, 2.05) is 30.3 Å². The highest BCUT2D eigenvalue weighted by Gasteiger charge is 2.20. The minimum Gasteiger partial charge on any atom is -0.465 e. The van der Waals surface area contributed by atoms with E-state index in [0.717, 1.165) is 13.0 Å². The molecular formula is C14H19NO2. The summed E-state index contributed by atoms with van der Waals surface area (Å²) in [5, 5.41) is 3.29. The van der Waals surface area contributed by atoms with Crippen molar-refractivity contribution in [2.75, 3.05) is 13.2 Å². The van der Waals surface area contributed by atoms with Crippen LogP contribution in [0.25, 0.3) is 0 Å². The molecule has 0 spiro atoms. The molecule has 3 heteroatoms. The Morgan fingerprint density at radius 2 is 2.06 bits per heavy atom. The smallest absolute Gasteiger partial charge is 0.307 e. The first-order chi connectivity index (χ1) is 8.34. The second-order valence-corrected chi connectivity index (χ2v) is 4.43. The van der Waals surface area contributed by atoms with E-state index in [4.69, 9.17) is 4.74 Å². The molecule has 0 heterocycles. The summed E-state index contributed by atoms with van der Waals surface area (Å²) in [7, 11) is 0.